The molecule has 5 aliphatic rings. The Bertz CT molecular complexity index is 1080. The third-order valence-electron chi connectivity index (χ3n) is 15.6. The largest absolute Gasteiger partial charge is 0.383 e. The highest BCUT2D eigenvalue weighted by Crippen LogP contribution is 2.79. The molecule has 39 heavy (non-hydrogen) atoms. The second-order valence-corrected chi connectivity index (χ2v) is 18.1. The summed E-state index contributed by atoms with van der Waals surface area (Å²) in [4.78, 5) is 0. The Morgan fingerprint density at radius 3 is 2.13 bits per heavy atom. The van der Waals surface area contributed by atoms with E-state index in [1.165, 1.54) is 56.9 Å². The van der Waals surface area contributed by atoms with E-state index in [4.69, 9.17) is 0 Å². The van der Waals surface area contributed by atoms with Crippen LogP contribution in [-0.4, -0.2) is 16.6 Å². The fourth-order valence-corrected chi connectivity index (χ4v) is 14.5. The first-order valence-electron chi connectivity index (χ1n) is 16.5. The van der Waals surface area contributed by atoms with Crippen molar-refractivity contribution in [3.8, 4) is 0 Å². The van der Waals surface area contributed by atoms with Crippen molar-refractivity contribution in [2.24, 2.45) is 62.6 Å². The van der Waals surface area contributed by atoms with Gasteiger partial charge in [-0.3, -0.25) is 0 Å². The lowest BCUT2D eigenvalue weighted by Crippen LogP contribution is -2.73. The third kappa shape index (κ3) is 3.49. The van der Waals surface area contributed by atoms with E-state index >= 15 is 0 Å². The van der Waals surface area contributed by atoms with Gasteiger partial charge in [0.25, 0.3) is 0 Å². The average molecular weight is 551 g/mol. The maximum Gasteiger partial charge on any atom is 0.107 e. The molecule has 0 saturated heterocycles. The summed E-state index contributed by atoms with van der Waals surface area (Å²) in [5, 5.41) is 13.6. The highest BCUT2D eigenvalue weighted by molar-refractivity contribution is 7.99. The molecule has 1 aromatic rings. The second kappa shape index (κ2) is 9.02. The highest BCUT2D eigenvalue weighted by Gasteiger charge is 2.75. The van der Waals surface area contributed by atoms with Crippen LogP contribution in [0.1, 0.15) is 119 Å². The second-order valence-electron chi connectivity index (χ2n) is 17.0. The van der Waals surface area contributed by atoms with Gasteiger partial charge in [-0.2, -0.15) is 11.8 Å². The molecule has 0 bridgehead atoms. The number of fused-ring (bicyclic) bond motifs is 7. The summed E-state index contributed by atoms with van der Waals surface area (Å²) in [5.41, 5.74) is 1.61. The van der Waals surface area contributed by atoms with Gasteiger partial charge in [-0.1, -0.05) is 85.7 Å². The van der Waals surface area contributed by atoms with Gasteiger partial charge in [0.15, 0.2) is 0 Å². The molecule has 1 N–H and O–H groups in total. The van der Waals surface area contributed by atoms with E-state index in [1.54, 1.807) is 0 Å². The molecule has 0 radical (unpaired) electrons. The van der Waals surface area contributed by atoms with Crippen molar-refractivity contribution < 1.29 is 5.11 Å². The molecule has 0 aromatic heterocycles. The van der Waals surface area contributed by atoms with E-state index in [0.29, 0.717) is 22.7 Å². The van der Waals surface area contributed by atoms with Crippen molar-refractivity contribution >= 4 is 11.8 Å². The van der Waals surface area contributed by atoms with Crippen LogP contribution in [-0.2, 0) is 5.60 Å². The van der Waals surface area contributed by atoms with Gasteiger partial charge in [0.05, 0.1) is 0 Å². The van der Waals surface area contributed by atoms with Gasteiger partial charge in [-0.05, 0) is 127 Å². The Kier molecular flexibility index (Phi) is 6.62. The minimum absolute atomic E-state index is 0.142. The van der Waals surface area contributed by atoms with Crippen LogP contribution in [0.5, 0.6) is 0 Å². The zero-order chi connectivity index (χ0) is 28.2. The first kappa shape index (κ1) is 28.6. The molecule has 0 heterocycles. The topological polar surface area (TPSA) is 20.2 Å². The van der Waals surface area contributed by atoms with E-state index in [2.05, 4.69) is 92.0 Å². The predicted octanol–water partition coefficient (Wildman–Crippen LogP) is 9.97. The Balaban J connectivity index is 1.50. The van der Waals surface area contributed by atoms with Crippen LogP contribution in [0, 0.1) is 62.6 Å². The van der Waals surface area contributed by atoms with Gasteiger partial charge in [0.1, 0.15) is 5.60 Å². The minimum atomic E-state index is -0.806. The lowest BCUT2D eigenvalue weighted by atomic mass is 9.29. The average Bonchev–Trinajstić information content (AvgIpc) is 2.90. The van der Waals surface area contributed by atoms with E-state index in [9.17, 15) is 5.11 Å². The lowest BCUT2D eigenvalue weighted by Gasteiger charge is -2.76. The van der Waals surface area contributed by atoms with Gasteiger partial charge < -0.3 is 5.11 Å². The molecular formula is C37H58OS. The van der Waals surface area contributed by atoms with E-state index < -0.39 is 5.60 Å². The number of hydrogen-bond donors (Lipinski definition) is 1. The minimum Gasteiger partial charge on any atom is -0.383 e. The number of thioether (sulfide) groups is 1. The van der Waals surface area contributed by atoms with Crippen molar-refractivity contribution in [3.05, 3.63) is 35.9 Å². The van der Waals surface area contributed by atoms with Crippen molar-refractivity contribution in [1.29, 1.82) is 0 Å². The smallest absolute Gasteiger partial charge is 0.107 e. The quantitative estimate of drug-likeness (QED) is 0.395. The molecule has 1 nitrogen and oxygen atoms in total. The van der Waals surface area contributed by atoms with Gasteiger partial charge in [-0.15, -0.1) is 0 Å². The normalized spacial score (nSPS) is 54.6. The zero-order valence-corrected chi connectivity index (χ0v) is 27.5. The standard InChI is InChI=1S/C37H58OS/c1-24-17-19-33(5)21-22-34(6)27(31(33)25(24)2)15-16-29-35(34,7)20-18-28-32(3,4)23-30(39-9)37(38,36(28,29)8)26-13-11-10-12-14-26/h10-14,24-25,27-31,38H,15-23H2,1-9H3/t24-,25+,27-,28+,29+,30?,31+,33-,34-,35-,36+,37?/m1/s1. The monoisotopic (exact) mass is 550 g/mol. The summed E-state index contributed by atoms with van der Waals surface area (Å²) in [6.45, 7) is 21.0. The summed E-state index contributed by atoms with van der Waals surface area (Å²) in [6.07, 6.45) is 14.3. The molecular weight excluding hydrogens is 492 g/mol. The summed E-state index contributed by atoms with van der Waals surface area (Å²) in [7, 11) is 0. The molecule has 5 saturated carbocycles. The van der Waals surface area contributed by atoms with E-state index in [1.807, 2.05) is 11.8 Å². The molecule has 0 spiro atoms. The fourth-order valence-electron chi connectivity index (χ4n) is 13.2. The van der Waals surface area contributed by atoms with Gasteiger partial charge >= 0.3 is 0 Å². The van der Waals surface area contributed by atoms with Crippen molar-refractivity contribution in [3.63, 3.8) is 0 Å². The Morgan fingerprint density at radius 2 is 1.46 bits per heavy atom. The SMILES string of the molecule is CSC1CC(C)(C)[C@@H]2CC[C@]3(C)[C@H](CC[C@@H]4[C@@H]5[C@@H](C)[C@H](C)CC[C@]5(C)CC[C@]43C)[C@@]2(C)C1(O)c1ccccc1. The number of hydrogen-bond acceptors (Lipinski definition) is 2. The summed E-state index contributed by atoms with van der Waals surface area (Å²) in [5.74, 6) is 4.46. The molecule has 2 heteroatoms. The Morgan fingerprint density at radius 1 is 0.769 bits per heavy atom. The summed E-state index contributed by atoms with van der Waals surface area (Å²) >= 11 is 1.93. The van der Waals surface area contributed by atoms with Gasteiger partial charge in [-0.25, -0.2) is 0 Å². The van der Waals surface area contributed by atoms with Crippen molar-refractivity contribution in [2.45, 2.75) is 124 Å². The molecule has 0 aliphatic heterocycles. The van der Waals surface area contributed by atoms with Crippen LogP contribution in [0.2, 0.25) is 0 Å². The molecule has 2 unspecified atom stereocenters. The van der Waals surface area contributed by atoms with Gasteiger partial charge in [0, 0.05) is 10.7 Å². The molecule has 6 rings (SSSR count). The molecule has 218 valence electrons. The molecule has 5 aliphatic carbocycles. The number of benzene rings is 1. The number of aliphatic hydroxyl groups is 1. The summed E-state index contributed by atoms with van der Waals surface area (Å²) < 4.78 is 0. The van der Waals surface area contributed by atoms with Crippen molar-refractivity contribution in [2.75, 3.05) is 6.26 Å². The fraction of sp³-hybridized carbons (Fsp3) is 0.838. The van der Waals surface area contributed by atoms with Crippen LogP contribution < -0.4 is 0 Å². The zero-order valence-electron chi connectivity index (χ0n) is 26.6. The maximum atomic E-state index is 13.4. The van der Waals surface area contributed by atoms with Crippen LogP contribution >= 0.6 is 11.8 Å². The first-order chi connectivity index (χ1) is 18.2. The molecule has 0 amide bonds. The van der Waals surface area contributed by atoms with Crippen LogP contribution in [0.3, 0.4) is 0 Å². The Labute approximate surface area is 245 Å². The lowest BCUT2D eigenvalue weighted by molar-refractivity contribution is -0.295. The maximum absolute atomic E-state index is 13.4. The van der Waals surface area contributed by atoms with E-state index in [0.717, 1.165) is 30.1 Å². The first-order valence-corrected chi connectivity index (χ1v) is 17.8. The molecule has 5 fully saturated rings. The van der Waals surface area contributed by atoms with Crippen LogP contribution in [0.4, 0.5) is 0 Å². The van der Waals surface area contributed by atoms with Crippen LogP contribution in [0.25, 0.3) is 0 Å². The summed E-state index contributed by atoms with van der Waals surface area (Å²) in [6, 6.07) is 10.9. The molecule has 1 aromatic carbocycles. The number of rotatable bonds is 2. The van der Waals surface area contributed by atoms with Crippen molar-refractivity contribution in [1.82, 2.24) is 0 Å². The Hall–Kier alpha value is -0.470. The highest BCUT2D eigenvalue weighted by atomic mass is 32.2. The van der Waals surface area contributed by atoms with Crippen LogP contribution in [0.15, 0.2) is 30.3 Å². The van der Waals surface area contributed by atoms with Gasteiger partial charge in [0.2, 0.25) is 0 Å². The third-order valence-corrected chi connectivity index (χ3v) is 16.7. The molecule has 12 atom stereocenters. The predicted molar refractivity (Wildman–Crippen MR) is 168 cm³/mol. The van der Waals surface area contributed by atoms with E-state index in [-0.39, 0.29) is 21.5 Å².